The zero-order chi connectivity index (χ0) is 19.8. The van der Waals surface area contributed by atoms with E-state index in [4.69, 9.17) is 0 Å². The number of rotatable bonds is 8. The van der Waals surface area contributed by atoms with E-state index in [1.807, 2.05) is 0 Å². The lowest BCUT2D eigenvalue weighted by Crippen LogP contribution is -2.46. The number of guanidine groups is 1. The van der Waals surface area contributed by atoms with E-state index >= 15 is 0 Å². The maximum atomic E-state index is 12.1. The first kappa shape index (κ1) is 24.4. The molecular weight excluding hydrogens is 499 g/mol. The van der Waals surface area contributed by atoms with Crippen LogP contribution in [0, 0.1) is 5.92 Å². The van der Waals surface area contributed by atoms with E-state index in [2.05, 4.69) is 50.7 Å². The number of nitrogens with zero attached hydrogens (tertiary/aromatic N) is 1. The molecule has 2 saturated carbocycles. The normalized spacial score (nSPS) is 23.0. The number of sulfonamides is 1. The van der Waals surface area contributed by atoms with Gasteiger partial charge in [-0.15, -0.1) is 24.0 Å². The fourth-order valence-electron chi connectivity index (χ4n) is 4.00. The summed E-state index contributed by atoms with van der Waals surface area (Å²) in [5.41, 5.74) is 1.43. The summed E-state index contributed by atoms with van der Waals surface area (Å²) in [6.45, 7) is 0.943. The first-order valence-corrected chi connectivity index (χ1v) is 12.2. The summed E-state index contributed by atoms with van der Waals surface area (Å²) in [7, 11) is -1.49. The van der Waals surface area contributed by atoms with Crippen LogP contribution < -0.4 is 15.4 Å². The van der Waals surface area contributed by atoms with Crippen molar-refractivity contribution in [3.05, 3.63) is 35.9 Å². The van der Waals surface area contributed by atoms with Crippen LogP contribution in [0.5, 0.6) is 0 Å². The molecule has 29 heavy (non-hydrogen) atoms. The highest BCUT2D eigenvalue weighted by atomic mass is 127. The van der Waals surface area contributed by atoms with Crippen LogP contribution in [0.4, 0.5) is 0 Å². The minimum absolute atomic E-state index is 0. The Hall–Kier alpha value is -0.870. The Morgan fingerprint density at radius 1 is 1.07 bits per heavy atom. The monoisotopic (exact) mass is 534 g/mol. The Kier molecular flexibility index (Phi) is 10.2. The predicted molar refractivity (Wildman–Crippen MR) is 130 cm³/mol. The van der Waals surface area contributed by atoms with Crippen molar-refractivity contribution in [1.82, 2.24) is 15.4 Å². The van der Waals surface area contributed by atoms with E-state index < -0.39 is 10.0 Å². The zero-order valence-electron chi connectivity index (χ0n) is 17.3. The minimum atomic E-state index is -3.22. The van der Waals surface area contributed by atoms with Crippen LogP contribution in [-0.2, 0) is 10.0 Å². The summed E-state index contributed by atoms with van der Waals surface area (Å²) in [4.78, 5) is 4.25. The van der Waals surface area contributed by atoms with Crippen LogP contribution in [0.25, 0.3) is 0 Å². The van der Waals surface area contributed by atoms with Gasteiger partial charge in [-0.1, -0.05) is 36.8 Å². The molecule has 1 aromatic carbocycles. The number of halogens is 1. The van der Waals surface area contributed by atoms with Crippen LogP contribution in [0.1, 0.15) is 56.4 Å². The van der Waals surface area contributed by atoms with Gasteiger partial charge in [-0.3, -0.25) is 4.99 Å². The summed E-state index contributed by atoms with van der Waals surface area (Å²) in [5, 5.41) is 6.61. The Bertz CT molecular complexity index is 730. The molecule has 0 bridgehead atoms. The second-order valence-electron chi connectivity index (χ2n) is 8.07. The number of nitrogens with one attached hydrogen (secondary N) is 3. The van der Waals surface area contributed by atoms with Gasteiger partial charge in [-0.25, -0.2) is 13.1 Å². The van der Waals surface area contributed by atoms with Gasteiger partial charge in [0.15, 0.2) is 5.96 Å². The van der Waals surface area contributed by atoms with E-state index in [-0.39, 0.29) is 29.7 Å². The lowest BCUT2D eigenvalue weighted by Gasteiger charge is -2.30. The standard InChI is InChI=1S/C21H34N4O2S.HI/c1-22-21(23-14-15-28(26,27)24-16-17-6-5-7-17)25-20-12-10-19(11-13-20)18-8-3-2-4-9-18;/h2-4,8-9,17,19-20,24H,5-7,10-16H2,1H3,(H2,22,23,25);1H. The van der Waals surface area contributed by atoms with Gasteiger partial charge in [0.2, 0.25) is 10.0 Å². The average molecular weight is 535 g/mol. The fourth-order valence-corrected chi connectivity index (χ4v) is 5.01. The minimum Gasteiger partial charge on any atom is -0.355 e. The van der Waals surface area contributed by atoms with E-state index in [1.54, 1.807) is 7.05 Å². The average Bonchev–Trinajstić information content (AvgIpc) is 2.67. The fraction of sp³-hybridized carbons (Fsp3) is 0.667. The van der Waals surface area contributed by atoms with E-state index in [1.165, 1.54) is 12.0 Å². The molecule has 0 atom stereocenters. The van der Waals surface area contributed by atoms with Crippen LogP contribution in [-0.4, -0.2) is 46.3 Å². The topological polar surface area (TPSA) is 82.6 Å². The molecule has 0 radical (unpaired) electrons. The van der Waals surface area contributed by atoms with Gasteiger partial charge in [0.1, 0.15) is 0 Å². The highest BCUT2D eigenvalue weighted by molar-refractivity contribution is 14.0. The molecule has 2 aliphatic carbocycles. The SMILES string of the molecule is CN=C(NCCS(=O)(=O)NCC1CCC1)NC1CCC(c2ccccc2)CC1.I. The van der Waals surface area contributed by atoms with Crippen LogP contribution >= 0.6 is 24.0 Å². The van der Waals surface area contributed by atoms with Gasteiger partial charge in [0.25, 0.3) is 0 Å². The van der Waals surface area contributed by atoms with E-state index in [9.17, 15) is 8.42 Å². The summed E-state index contributed by atoms with van der Waals surface area (Å²) in [6, 6.07) is 11.1. The highest BCUT2D eigenvalue weighted by Gasteiger charge is 2.23. The zero-order valence-corrected chi connectivity index (χ0v) is 20.4. The largest absolute Gasteiger partial charge is 0.355 e. The molecule has 6 nitrogen and oxygen atoms in total. The smallest absolute Gasteiger partial charge is 0.213 e. The lowest BCUT2D eigenvalue weighted by molar-refractivity contribution is 0.316. The molecule has 0 amide bonds. The third-order valence-electron chi connectivity index (χ3n) is 6.04. The van der Waals surface area contributed by atoms with Crippen LogP contribution in [0.3, 0.4) is 0 Å². The number of aliphatic imine (C=N–C) groups is 1. The molecular formula is C21H35IN4O2S. The maximum Gasteiger partial charge on any atom is 0.213 e. The Balaban J connectivity index is 0.00000300. The molecule has 0 aromatic heterocycles. The first-order valence-electron chi connectivity index (χ1n) is 10.5. The lowest BCUT2D eigenvalue weighted by atomic mass is 9.82. The van der Waals surface area contributed by atoms with Gasteiger partial charge in [0, 0.05) is 26.2 Å². The third-order valence-corrected chi connectivity index (χ3v) is 7.39. The molecule has 8 heteroatoms. The molecule has 0 heterocycles. The van der Waals surface area contributed by atoms with Crippen LogP contribution in [0.2, 0.25) is 0 Å². The molecule has 0 spiro atoms. The number of benzene rings is 1. The summed E-state index contributed by atoms with van der Waals surface area (Å²) in [5.74, 6) is 1.93. The second-order valence-corrected chi connectivity index (χ2v) is 9.99. The van der Waals surface area contributed by atoms with Crippen molar-refractivity contribution in [2.24, 2.45) is 10.9 Å². The third kappa shape index (κ3) is 8.05. The van der Waals surface area contributed by atoms with Gasteiger partial charge < -0.3 is 10.6 Å². The van der Waals surface area contributed by atoms with Crippen molar-refractivity contribution in [1.29, 1.82) is 0 Å². The van der Waals surface area contributed by atoms with Crippen molar-refractivity contribution in [2.75, 3.05) is 25.9 Å². The second kappa shape index (κ2) is 12.1. The number of hydrogen-bond donors (Lipinski definition) is 3. The van der Waals surface area contributed by atoms with Gasteiger partial charge >= 0.3 is 0 Å². The molecule has 164 valence electrons. The maximum absolute atomic E-state index is 12.1. The quantitative estimate of drug-likeness (QED) is 0.272. The summed E-state index contributed by atoms with van der Waals surface area (Å²) in [6.07, 6.45) is 8.04. The van der Waals surface area contributed by atoms with Crippen LogP contribution in [0.15, 0.2) is 35.3 Å². The Morgan fingerprint density at radius 3 is 2.34 bits per heavy atom. The van der Waals surface area contributed by atoms with Crippen molar-refractivity contribution in [2.45, 2.75) is 56.9 Å². The highest BCUT2D eigenvalue weighted by Crippen LogP contribution is 2.32. The summed E-state index contributed by atoms with van der Waals surface area (Å²) >= 11 is 0. The van der Waals surface area contributed by atoms with Crippen molar-refractivity contribution >= 4 is 40.0 Å². The molecule has 2 aliphatic rings. The molecule has 0 aliphatic heterocycles. The summed E-state index contributed by atoms with van der Waals surface area (Å²) < 4.78 is 26.9. The predicted octanol–water partition coefficient (Wildman–Crippen LogP) is 3.22. The number of hydrogen-bond acceptors (Lipinski definition) is 3. The van der Waals surface area contributed by atoms with E-state index in [0.717, 1.165) is 38.5 Å². The first-order chi connectivity index (χ1) is 13.6. The molecule has 0 unspecified atom stereocenters. The molecule has 3 rings (SSSR count). The molecule has 2 fully saturated rings. The Labute approximate surface area is 192 Å². The van der Waals surface area contributed by atoms with Crippen molar-refractivity contribution in [3.63, 3.8) is 0 Å². The van der Waals surface area contributed by atoms with Crippen molar-refractivity contribution in [3.8, 4) is 0 Å². The van der Waals surface area contributed by atoms with Gasteiger partial charge in [-0.05, 0) is 55.9 Å². The van der Waals surface area contributed by atoms with E-state index in [0.29, 0.717) is 36.9 Å². The van der Waals surface area contributed by atoms with Crippen molar-refractivity contribution < 1.29 is 8.42 Å². The molecule has 1 aromatic rings. The Morgan fingerprint density at radius 2 is 1.76 bits per heavy atom. The van der Waals surface area contributed by atoms with Gasteiger partial charge in [-0.2, -0.15) is 0 Å². The molecule has 0 saturated heterocycles. The molecule has 3 N–H and O–H groups in total. The van der Waals surface area contributed by atoms with Gasteiger partial charge in [0.05, 0.1) is 5.75 Å².